The summed E-state index contributed by atoms with van der Waals surface area (Å²) in [7, 11) is -3.24. The van der Waals surface area contributed by atoms with Gasteiger partial charge in [0.05, 0.1) is 10.6 Å². The quantitative estimate of drug-likeness (QED) is 0.681. The van der Waals surface area contributed by atoms with E-state index in [4.69, 9.17) is 0 Å². The molecule has 80 valence electrons. The lowest BCUT2D eigenvalue weighted by Gasteiger charge is -2.18. The van der Waals surface area contributed by atoms with Crippen molar-refractivity contribution in [3.05, 3.63) is 29.3 Å². The van der Waals surface area contributed by atoms with E-state index < -0.39 is 9.84 Å². The second-order valence-electron chi connectivity index (χ2n) is 3.77. The number of rotatable bonds is 1. The molecule has 15 heavy (non-hydrogen) atoms. The first-order chi connectivity index (χ1) is 7.02. The predicted octanol–water partition coefficient (Wildman–Crippen LogP) is 1.61. The van der Waals surface area contributed by atoms with Gasteiger partial charge in [-0.1, -0.05) is 18.2 Å². The summed E-state index contributed by atoms with van der Waals surface area (Å²) in [6.07, 6.45) is 1.40. The topological polar surface area (TPSA) is 51.2 Å². The van der Waals surface area contributed by atoms with Crippen LogP contribution in [0.3, 0.4) is 0 Å². The number of fused-ring (bicyclic) bond motifs is 1. The second-order valence-corrected chi connectivity index (χ2v) is 5.82. The number of hydrogen-bond acceptors (Lipinski definition) is 3. The zero-order valence-electron chi connectivity index (χ0n) is 8.49. The second kappa shape index (κ2) is 3.45. The molecule has 0 aromatic heterocycles. The third-order valence-corrected chi connectivity index (χ3v) is 4.58. The van der Waals surface area contributed by atoms with Gasteiger partial charge in [-0.05, 0) is 25.3 Å². The van der Waals surface area contributed by atoms with Crippen molar-refractivity contribution >= 4 is 15.6 Å². The van der Waals surface area contributed by atoms with Crippen molar-refractivity contribution in [3.63, 3.8) is 0 Å². The van der Waals surface area contributed by atoms with Crippen molar-refractivity contribution in [3.8, 4) is 0 Å². The summed E-state index contributed by atoms with van der Waals surface area (Å²) in [5.74, 6) is -0.0260. The van der Waals surface area contributed by atoms with Crippen LogP contribution in [0.5, 0.6) is 0 Å². The van der Waals surface area contributed by atoms with Crippen LogP contribution in [-0.2, 0) is 16.3 Å². The summed E-state index contributed by atoms with van der Waals surface area (Å²) in [5, 5.41) is 0. The van der Waals surface area contributed by atoms with Crippen LogP contribution in [0.1, 0.15) is 29.3 Å². The summed E-state index contributed by atoms with van der Waals surface area (Å²) < 4.78 is 23.7. The molecule has 0 aliphatic carbocycles. The predicted molar refractivity (Wildman–Crippen MR) is 56.8 cm³/mol. The van der Waals surface area contributed by atoms with Crippen molar-refractivity contribution in [1.29, 1.82) is 0 Å². The summed E-state index contributed by atoms with van der Waals surface area (Å²) in [6, 6.07) is 5.12. The van der Waals surface area contributed by atoms with Crippen molar-refractivity contribution in [2.24, 2.45) is 0 Å². The molecule has 4 heteroatoms. The summed E-state index contributed by atoms with van der Waals surface area (Å²) in [5.41, 5.74) is 1.13. The Balaban J connectivity index is 2.77. The van der Waals surface area contributed by atoms with E-state index in [1.807, 2.05) is 0 Å². The molecule has 0 saturated carbocycles. The number of Topliss-reactive ketones (excluding diaryl/α,β-unsaturated/α-hetero) is 1. The zero-order valence-corrected chi connectivity index (χ0v) is 9.30. The number of carbonyl (C=O) groups excluding carboxylic acids is 1. The van der Waals surface area contributed by atoms with E-state index in [2.05, 4.69) is 0 Å². The van der Waals surface area contributed by atoms with E-state index in [-0.39, 0.29) is 16.4 Å². The molecule has 1 heterocycles. The normalized spacial score (nSPS) is 18.2. The Hall–Kier alpha value is -1.16. The molecule has 0 N–H and O–H groups in total. The maximum atomic E-state index is 11.8. The van der Waals surface area contributed by atoms with Gasteiger partial charge in [-0.25, -0.2) is 8.42 Å². The SMILES string of the molecule is CC(=O)c1cccc2c1S(=O)(=O)CCC2. The molecule has 0 unspecified atom stereocenters. The molecule has 2 rings (SSSR count). The van der Waals surface area contributed by atoms with Gasteiger partial charge in [0.1, 0.15) is 0 Å². The van der Waals surface area contributed by atoms with E-state index in [0.717, 1.165) is 12.0 Å². The zero-order chi connectivity index (χ0) is 11.1. The van der Waals surface area contributed by atoms with Crippen molar-refractivity contribution < 1.29 is 13.2 Å². The Morgan fingerprint density at radius 2 is 2.07 bits per heavy atom. The van der Waals surface area contributed by atoms with Gasteiger partial charge < -0.3 is 0 Å². The van der Waals surface area contributed by atoms with E-state index in [1.54, 1.807) is 18.2 Å². The number of carbonyl (C=O) groups is 1. The first-order valence-electron chi connectivity index (χ1n) is 4.88. The Labute approximate surface area is 89.0 Å². The van der Waals surface area contributed by atoms with Gasteiger partial charge >= 0.3 is 0 Å². The molecule has 1 aliphatic heterocycles. The van der Waals surface area contributed by atoms with E-state index >= 15 is 0 Å². The first-order valence-corrected chi connectivity index (χ1v) is 6.53. The summed E-state index contributed by atoms with van der Waals surface area (Å²) in [6.45, 7) is 1.40. The number of aryl methyl sites for hydroxylation is 1. The molecule has 1 aromatic carbocycles. The molecule has 1 aliphatic rings. The van der Waals surface area contributed by atoms with Crippen molar-refractivity contribution in [2.75, 3.05) is 5.75 Å². The lowest BCUT2D eigenvalue weighted by Crippen LogP contribution is -2.19. The highest BCUT2D eigenvalue weighted by atomic mass is 32.2. The van der Waals surface area contributed by atoms with Crippen molar-refractivity contribution in [1.82, 2.24) is 0 Å². The van der Waals surface area contributed by atoms with Crippen LogP contribution in [-0.4, -0.2) is 20.0 Å². The lowest BCUT2D eigenvalue weighted by molar-refractivity contribution is 0.101. The summed E-state index contributed by atoms with van der Waals surface area (Å²) >= 11 is 0. The number of hydrogen-bond donors (Lipinski definition) is 0. The average Bonchev–Trinajstić information content (AvgIpc) is 2.16. The third kappa shape index (κ3) is 1.69. The van der Waals surface area contributed by atoms with Gasteiger partial charge in [-0.2, -0.15) is 0 Å². The van der Waals surface area contributed by atoms with Crippen LogP contribution in [0.15, 0.2) is 23.1 Å². The van der Waals surface area contributed by atoms with Crippen LogP contribution in [0, 0.1) is 0 Å². The van der Waals surface area contributed by atoms with E-state index in [1.165, 1.54) is 6.92 Å². The lowest BCUT2D eigenvalue weighted by atomic mass is 10.0. The Morgan fingerprint density at radius 1 is 1.33 bits per heavy atom. The van der Waals surface area contributed by atoms with Gasteiger partial charge in [0.25, 0.3) is 0 Å². The third-order valence-electron chi connectivity index (χ3n) is 2.65. The van der Waals surface area contributed by atoms with Crippen LogP contribution in [0.25, 0.3) is 0 Å². The highest BCUT2D eigenvalue weighted by Gasteiger charge is 2.27. The minimum Gasteiger partial charge on any atom is -0.294 e. The largest absolute Gasteiger partial charge is 0.294 e. The van der Waals surface area contributed by atoms with Gasteiger partial charge in [0, 0.05) is 5.56 Å². The van der Waals surface area contributed by atoms with Crippen LogP contribution in [0.4, 0.5) is 0 Å². The molecular formula is C11H12O3S. The van der Waals surface area contributed by atoms with Gasteiger partial charge in [-0.15, -0.1) is 0 Å². The molecule has 3 nitrogen and oxygen atoms in total. The fourth-order valence-corrected chi connectivity index (χ4v) is 3.83. The van der Waals surface area contributed by atoms with E-state index in [9.17, 15) is 13.2 Å². The van der Waals surface area contributed by atoms with Gasteiger partial charge in [0.2, 0.25) is 0 Å². The Kier molecular flexibility index (Phi) is 2.38. The maximum Gasteiger partial charge on any atom is 0.179 e. The average molecular weight is 224 g/mol. The van der Waals surface area contributed by atoms with Crippen LogP contribution >= 0.6 is 0 Å². The molecule has 0 saturated heterocycles. The van der Waals surface area contributed by atoms with Crippen LogP contribution < -0.4 is 0 Å². The molecule has 0 bridgehead atoms. The van der Waals surface area contributed by atoms with E-state index in [0.29, 0.717) is 12.0 Å². The highest BCUT2D eigenvalue weighted by Crippen LogP contribution is 2.28. The molecule has 0 amide bonds. The minimum atomic E-state index is -3.24. The standard InChI is InChI=1S/C11H12O3S/c1-8(12)10-6-2-4-9-5-3-7-15(13,14)11(9)10/h2,4,6H,3,5,7H2,1H3. The molecule has 1 aromatic rings. The minimum absolute atomic E-state index is 0.157. The maximum absolute atomic E-state index is 11.8. The van der Waals surface area contributed by atoms with Gasteiger partial charge in [0.15, 0.2) is 15.6 Å². The number of ketones is 1. The highest BCUT2D eigenvalue weighted by molar-refractivity contribution is 7.91. The molecule has 0 radical (unpaired) electrons. The number of benzene rings is 1. The fraction of sp³-hybridized carbons (Fsp3) is 0.364. The monoisotopic (exact) mass is 224 g/mol. The molecule has 0 atom stereocenters. The van der Waals surface area contributed by atoms with Crippen LogP contribution in [0.2, 0.25) is 0 Å². The summed E-state index contributed by atoms with van der Waals surface area (Å²) in [4.78, 5) is 11.6. The van der Waals surface area contributed by atoms with Crippen molar-refractivity contribution in [2.45, 2.75) is 24.7 Å². The Bertz CT molecular complexity index is 515. The number of sulfone groups is 1. The fourth-order valence-electron chi connectivity index (χ4n) is 1.98. The molecule has 0 fully saturated rings. The molecular weight excluding hydrogens is 212 g/mol. The van der Waals surface area contributed by atoms with Gasteiger partial charge in [-0.3, -0.25) is 4.79 Å². The first kappa shape index (κ1) is 10.4. The molecule has 0 spiro atoms. The Morgan fingerprint density at radius 3 is 2.73 bits per heavy atom. The smallest absolute Gasteiger partial charge is 0.179 e.